The van der Waals surface area contributed by atoms with Crippen LogP contribution in [-0.4, -0.2) is 104 Å². The first-order valence-corrected chi connectivity index (χ1v) is 25.5. The molecule has 0 radical (unpaired) electrons. The van der Waals surface area contributed by atoms with Gasteiger partial charge in [-0.25, -0.2) is 9.13 Å². The summed E-state index contributed by atoms with van der Waals surface area (Å²) in [4.78, 5) is 52.9. The fourth-order valence-corrected chi connectivity index (χ4v) is 8.37. The van der Waals surface area contributed by atoms with Crippen molar-refractivity contribution in [3.05, 3.63) is 12.2 Å². The molecule has 1 saturated carbocycles. The lowest BCUT2D eigenvalue weighted by Crippen LogP contribution is -2.30. The van der Waals surface area contributed by atoms with Crippen molar-refractivity contribution in [1.29, 1.82) is 0 Å². The molecule has 0 aromatic heterocycles. The van der Waals surface area contributed by atoms with E-state index in [0.717, 1.165) is 63.7 Å². The first kappa shape index (κ1) is 56.8. The van der Waals surface area contributed by atoms with Crippen LogP contribution in [0.2, 0.25) is 0 Å². The summed E-state index contributed by atoms with van der Waals surface area (Å²) < 4.78 is 47.8. The molecule has 8 atom stereocenters. The van der Waals surface area contributed by atoms with Gasteiger partial charge in [0, 0.05) is 25.2 Å². The zero-order valence-corrected chi connectivity index (χ0v) is 38.4. The van der Waals surface area contributed by atoms with Crippen LogP contribution in [0.4, 0.5) is 0 Å². The Labute approximate surface area is 359 Å². The molecule has 1 rings (SSSR count). The summed E-state index contributed by atoms with van der Waals surface area (Å²) in [5, 5.41) is 41.1. The first-order valence-electron chi connectivity index (χ1n) is 22.5. The van der Waals surface area contributed by atoms with E-state index in [4.69, 9.17) is 23.8 Å². The highest BCUT2D eigenvalue weighted by Gasteiger charge is 2.39. The second kappa shape index (κ2) is 33.3. The van der Waals surface area contributed by atoms with Gasteiger partial charge >= 0.3 is 27.6 Å². The fraction of sp³-hybridized carbons (Fsp3) is 0.905. The largest absolute Gasteiger partial charge is 0.472 e. The number of ether oxygens (including phenoxy) is 2. The number of phosphoric acid groups is 2. The molecule has 0 spiro atoms. The van der Waals surface area contributed by atoms with Crippen LogP contribution >= 0.6 is 15.6 Å². The van der Waals surface area contributed by atoms with E-state index in [1.54, 1.807) is 6.08 Å². The van der Waals surface area contributed by atoms with Gasteiger partial charge in [0.25, 0.3) is 0 Å². The maximum absolute atomic E-state index is 12.7. The molecule has 7 N–H and O–H groups in total. The second-order valence-electron chi connectivity index (χ2n) is 16.8. The fourth-order valence-electron chi connectivity index (χ4n) is 7.22. The second-order valence-corrected chi connectivity index (χ2v) is 19.5. The Hall–Kier alpha value is -1.26. The van der Waals surface area contributed by atoms with Gasteiger partial charge in [-0.15, -0.1) is 0 Å². The van der Waals surface area contributed by atoms with Gasteiger partial charge in [-0.05, 0) is 37.5 Å². The highest BCUT2D eigenvalue weighted by atomic mass is 31.2. The number of hydrogen-bond acceptors (Lipinski definition) is 13. The van der Waals surface area contributed by atoms with Crippen LogP contribution < -0.4 is 0 Å². The summed E-state index contributed by atoms with van der Waals surface area (Å²) in [6.07, 6.45) is 18.6. The third-order valence-electron chi connectivity index (χ3n) is 10.7. The van der Waals surface area contributed by atoms with Crippen LogP contribution in [0.15, 0.2) is 12.2 Å². The molecule has 1 unspecified atom stereocenters. The molecule has 0 aromatic rings. The van der Waals surface area contributed by atoms with E-state index in [1.807, 2.05) is 6.08 Å². The van der Waals surface area contributed by atoms with Crippen molar-refractivity contribution >= 4 is 27.6 Å². The number of esters is 2. The van der Waals surface area contributed by atoms with Gasteiger partial charge < -0.3 is 44.6 Å². The molecule has 0 aliphatic heterocycles. The lowest BCUT2D eigenvalue weighted by molar-refractivity contribution is -0.161. The minimum atomic E-state index is -4.89. The minimum absolute atomic E-state index is 0.0713. The Bertz CT molecular complexity index is 1250. The van der Waals surface area contributed by atoms with Crippen molar-refractivity contribution in [2.45, 2.75) is 199 Å². The van der Waals surface area contributed by atoms with E-state index >= 15 is 0 Å². The number of carbonyl (C=O) groups excluding carboxylic acids is 2. The Kier molecular flexibility index (Phi) is 31.5. The normalized spacial score (nSPS) is 21.0. The third-order valence-corrected chi connectivity index (χ3v) is 12.1. The van der Waals surface area contributed by atoms with Gasteiger partial charge in [0.15, 0.2) is 6.10 Å². The SMILES string of the molecule is CCCCC[C@H](O)/C=C/[C@@H]1[C@@H](CCCCCCC(=O)OC[C@H](COP(=O)(O)OC[C@@H](O)COP(=O)(O)O)OC(=O)CCCCCCCCCCCCC(C)C)[C@@H](O)C[C@H]1O. The molecule has 0 heterocycles. The molecule has 0 bridgehead atoms. The van der Waals surface area contributed by atoms with Crippen LogP contribution in [-0.2, 0) is 41.8 Å². The lowest BCUT2D eigenvalue weighted by Gasteiger charge is -2.21. The molecule has 16 nitrogen and oxygen atoms in total. The van der Waals surface area contributed by atoms with Crippen molar-refractivity contribution in [2.75, 3.05) is 26.4 Å². The Morgan fingerprint density at radius 3 is 1.80 bits per heavy atom. The van der Waals surface area contributed by atoms with Crippen LogP contribution in [0.1, 0.15) is 168 Å². The molecule has 60 heavy (non-hydrogen) atoms. The predicted molar refractivity (Wildman–Crippen MR) is 227 cm³/mol. The highest BCUT2D eigenvalue weighted by Crippen LogP contribution is 2.44. The maximum Gasteiger partial charge on any atom is 0.472 e. The van der Waals surface area contributed by atoms with Gasteiger partial charge in [-0.1, -0.05) is 136 Å². The molecule has 0 aromatic carbocycles. The van der Waals surface area contributed by atoms with Crippen molar-refractivity contribution in [3.8, 4) is 0 Å². The van der Waals surface area contributed by atoms with E-state index in [-0.39, 0.29) is 24.7 Å². The topological polar surface area (TPSA) is 256 Å². The molecule has 1 fully saturated rings. The Balaban J connectivity index is 2.53. The highest BCUT2D eigenvalue weighted by molar-refractivity contribution is 7.47. The van der Waals surface area contributed by atoms with Crippen molar-refractivity contribution in [3.63, 3.8) is 0 Å². The van der Waals surface area contributed by atoms with E-state index in [0.29, 0.717) is 38.5 Å². The third kappa shape index (κ3) is 30.7. The standard InChI is InChI=1S/C42H80O16P2/c1-4-5-16-22-34(43)26-27-38-37(39(45)28-40(38)46)23-18-14-15-19-24-41(47)54-31-36(32-57-60(52,53)56-30-35(44)29-55-59(49,50)51)58-42(48)25-20-13-11-9-7-6-8-10-12-17-21-33(2)3/h26-27,33-40,43-46H,4-25,28-32H2,1-3H3,(H,52,53)(H2,49,50,51)/b27-26+/t34-,35-,36+,37+,38+,39-,40+/m0/s1. The van der Waals surface area contributed by atoms with E-state index in [9.17, 15) is 44.0 Å². The van der Waals surface area contributed by atoms with Crippen LogP contribution in [0.25, 0.3) is 0 Å². The monoisotopic (exact) mass is 902 g/mol. The van der Waals surface area contributed by atoms with Gasteiger partial charge in [0.1, 0.15) is 12.7 Å². The molecule has 0 saturated heterocycles. The Morgan fingerprint density at radius 2 is 1.20 bits per heavy atom. The van der Waals surface area contributed by atoms with Crippen molar-refractivity contribution < 1.29 is 76.9 Å². The molecule has 354 valence electrons. The van der Waals surface area contributed by atoms with Gasteiger partial charge in [-0.2, -0.15) is 0 Å². The van der Waals surface area contributed by atoms with E-state index < -0.39 is 84.5 Å². The quantitative estimate of drug-likeness (QED) is 0.0136. The van der Waals surface area contributed by atoms with Gasteiger partial charge in [0.2, 0.25) is 0 Å². The number of aliphatic hydroxyl groups is 4. The van der Waals surface area contributed by atoms with E-state index in [2.05, 4.69) is 29.8 Å². The molecule has 18 heteroatoms. The average Bonchev–Trinajstić information content (AvgIpc) is 3.45. The smallest absolute Gasteiger partial charge is 0.462 e. The number of unbranched alkanes of at least 4 members (excludes halogenated alkanes) is 14. The number of carbonyl (C=O) groups is 2. The molecular weight excluding hydrogens is 822 g/mol. The lowest BCUT2D eigenvalue weighted by atomic mass is 9.88. The Morgan fingerprint density at radius 1 is 0.667 bits per heavy atom. The molecule has 1 aliphatic rings. The van der Waals surface area contributed by atoms with Crippen LogP contribution in [0, 0.1) is 17.8 Å². The van der Waals surface area contributed by atoms with Crippen LogP contribution in [0.3, 0.4) is 0 Å². The molecule has 0 amide bonds. The summed E-state index contributed by atoms with van der Waals surface area (Å²) >= 11 is 0. The van der Waals surface area contributed by atoms with Gasteiger partial charge in [-0.3, -0.25) is 23.2 Å². The number of aliphatic hydroxyl groups excluding tert-OH is 4. The summed E-state index contributed by atoms with van der Waals surface area (Å²) in [5.41, 5.74) is 0. The van der Waals surface area contributed by atoms with Crippen LogP contribution in [0.5, 0.6) is 0 Å². The molecule has 1 aliphatic carbocycles. The first-order chi connectivity index (χ1) is 28.4. The zero-order chi connectivity index (χ0) is 44.8. The number of hydrogen-bond donors (Lipinski definition) is 7. The maximum atomic E-state index is 12.7. The average molecular weight is 903 g/mol. The minimum Gasteiger partial charge on any atom is -0.462 e. The van der Waals surface area contributed by atoms with Gasteiger partial charge in [0.05, 0.1) is 38.1 Å². The van der Waals surface area contributed by atoms with E-state index in [1.165, 1.54) is 38.5 Å². The summed E-state index contributed by atoms with van der Waals surface area (Å²) in [7, 11) is -9.74. The summed E-state index contributed by atoms with van der Waals surface area (Å²) in [6, 6.07) is 0. The summed E-state index contributed by atoms with van der Waals surface area (Å²) in [6.45, 7) is 3.71. The number of rotatable bonds is 38. The number of phosphoric ester groups is 2. The summed E-state index contributed by atoms with van der Waals surface area (Å²) in [5.74, 6) is -0.769. The molecular formula is C42H80O16P2. The zero-order valence-electron chi connectivity index (χ0n) is 36.6. The van der Waals surface area contributed by atoms with Crippen molar-refractivity contribution in [1.82, 2.24) is 0 Å². The van der Waals surface area contributed by atoms with Crippen molar-refractivity contribution in [2.24, 2.45) is 17.8 Å². The predicted octanol–water partition coefficient (Wildman–Crippen LogP) is 7.58.